The van der Waals surface area contributed by atoms with Crippen LogP contribution in [0.25, 0.3) is 10.9 Å². The first-order chi connectivity index (χ1) is 12.8. The summed E-state index contributed by atoms with van der Waals surface area (Å²) >= 11 is 12.1. The first-order valence-electron chi connectivity index (χ1n) is 8.18. The second kappa shape index (κ2) is 7.62. The molecule has 0 saturated carbocycles. The molecule has 27 heavy (non-hydrogen) atoms. The molecule has 0 aliphatic rings. The van der Waals surface area contributed by atoms with E-state index in [-0.39, 0.29) is 5.56 Å². The Bertz CT molecular complexity index is 1090. The average molecular weight is 406 g/mol. The smallest absolute Gasteiger partial charge is 0.341 e. The number of ether oxygens (including phenoxy) is 1. The van der Waals surface area contributed by atoms with Crippen molar-refractivity contribution in [2.24, 2.45) is 7.05 Å². The molecule has 1 N–H and O–H groups in total. The Labute approximate surface area is 165 Å². The van der Waals surface area contributed by atoms with E-state index in [0.29, 0.717) is 38.7 Å². The third-order valence-electron chi connectivity index (χ3n) is 4.44. The van der Waals surface area contributed by atoms with E-state index in [2.05, 4.69) is 0 Å². The van der Waals surface area contributed by atoms with Gasteiger partial charge in [-0.2, -0.15) is 0 Å². The molecule has 0 radical (unpaired) electrons. The van der Waals surface area contributed by atoms with Gasteiger partial charge in [-0.25, -0.2) is 4.79 Å². The van der Waals surface area contributed by atoms with Crippen LogP contribution in [0.1, 0.15) is 16.7 Å². The molecule has 0 unspecified atom stereocenters. The molecule has 0 aliphatic carbocycles. The number of aliphatic carboxylic acids is 1. The van der Waals surface area contributed by atoms with E-state index < -0.39 is 12.6 Å². The number of rotatable bonds is 5. The van der Waals surface area contributed by atoms with Gasteiger partial charge in [-0.3, -0.25) is 4.79 Å². The summed E-state index contributed by atoms with van der Waals surface area (Å²) in [7, 11) is 1.66. The highest BCUT2D eigenvalue weighted by molar-refractivity contribution is 6.31. The zero-order chi connectivity index (χ0) is 19.7. The minimum Gasteiger partial charge on any atom is -0.481 e. The van der Waals surface area contributed by atoms with Gasteiger partial charge in [0.25, 0.3) is 5.56 Å². The SMILES string of the molecule is Cc1c(Cc2ccc(Cl)cc2)c(=O)n(C)c2cc(Cl)cc(OCC(=O)O)c12. The quantitative estimate of drug-likeness (QED) is 0.690. The van der Waals surface area contributed by atoms with Crippen LogP contribution in [0, 0.1) is 6.92 Å². The average Bonchev–Trinajstić information content (AvgIpc) is 2.62. The number of carboxylic acids is 1. The Morgan fingerprint density at radius 3 is 2.44 bits per heavy atom. The van der Waals surface area contributed by atoms with Crippen molar-refractivity contribution in [3.05, 3.63) is 73.5 Å². The van der Waals surface area contributed by atoms with Gasteiger partial charge in [0.15, 0.2) is 6.61 Å². The van der Waals surface area contributed by atoms with Crippen molar-refractivity contribution in [3.8, 4) is 5.75 Å². The number of fused-ring (bicyclic) bond motifs is 1. The number of carboxylic acid groups (broad SMARTS) is 1. The minimum absolute atomic E-state index is 0.138. The summed E-state index contributed by atoms with van der Waals surface area (Å²) in [6.07, 6.45) is 0.423. The summed E-state index contributed by atoms with van der Waals surface area (Å²) < 4.78 is 6.95. The van der Waals surface area contributed by atoms with Gasteiger partial charge >= 0.3 is 5.97 Å². The number of halogens is 2. The number of aromatic nitrogens is 1. The summed E-state index contributed by atoms with van der Waals surface area (Å²) in [6.45, 7) is 1.33. The molecule has 2 aromatic carbocycles. The van der Waals surface area contributed by atoms with Crippen LogP contribution in [-0.2, 0) is 18.3 Å². The Kier molecular flexibility index (Phi) is 5.44. The molecular formula is C20H17Cl2NO4. The van der Waals surface area contributed by atoms with Gasteiger partial charge in [0, 0.05) is 34.5 Å². The normalized spacial score (nSPS) is 11.0. The predicted octanol–water partition coefficient (Wildman–Crippen LogP) is 4.21. The summed E-state index contributed by atoms with van der Waals surface area (Å²) in [5.41, 5.74) is 2.74. The fraction of sp³-hybridized carbons (Fsp3) is 0.200. The number of carbonyl (C=O) groups is 1. The van der Waals surface area contributed by atoms with Crippen LogP contribution < -0.4 is 10.3 Å². The molecule has 0 spiro atoms. The van der Waals surface area contributed by atoms with Gasteiger partial charge in [-0.15, -0.1) is 0 Å². The van der Waals surface area contributed by atoms with E-state index in [0.717, 1.165) is 11.1 Å². The van der Waals surface area contributed by atoms with Crippen molar-refractivity contribution in [2.45, 2.75) is 13.3 Å². The molecule has 0 bridgehead atoms. The Morgan fingerprint density at radius 1 is 1.15 bits per heavy atom. The first kappa shape index (κ1) is 19.3. The van der Waals surface area contributed by atoms with Crippen LogP contribution in [0.3, 0.4) is 0 Å². The van der Waals surface area contributed by atoms with E-state index in [1.54, 1.807) is 31.3 Å². The molecule has 0 amide bonds. The molecule has 0 atom stereocenters. The third kappa shape index (κ3) is 3.94. The molecule has 140 valence electrons. The Hall–Kier alpha value is -2.50. The van der Waals surface area contributed by atoms with Gasteiger partial charge in [0.1, 0.15) is 5.75 Å². The van der Waals surface area contributed by atoms with Crippen LogP contribution in [0.2, 0.25) is 10.0 Å². The van der Waals surface area contributed by atoms with Crippen LogP contribution in [0.5, 0.6) is 5.75 Å². The Balaban J connectivity index is 2.21. The molecule has 0 fully saturated rings. The summed E-state index contributed by atoms with van der Waals surface area (Å²) in [4.78, 5) is 23.8. The van der Waals surface area contributed by atoms with Crippen molar-refractivity contribution in [3.63, 3.8) is 0 Å². The third-order valence-corrected chi connectivity index (χ3v) is 4.91. The molecule has 7 heteroatoms. The predicted molar refractivity (Wildman–Crippen MR) is 106 cm³/mol. The van der Waals surface area contributed by atoms with Gasteiger partial charge in [-0.05, 0) is 42.3 Å². The van der Waals surface area contributed by atoms with Crippen molar-refractivity contribution in [1.29, 1.82) is 0 Å². The molecule has 3 rings (SSSR count). The maximum atomic E-state index is 12.9. The van der Waals surface area contributed by atoms with Crippen LogP contribution >= 0.6 is 23.2 Å². The van der Waals surface area contributed by atoms with Gasteiger partial charge in [0.05, 0.1) is 5.52 Å². The maximum absolute atomic E-state index is 12.9. The maximum Gasteiger partial charge on any atom is 0.341 e. The van der Waals surface area contributed by atoms with E-state index in [4.69, 9.17) is 33.0 Å². The van der Waals surface area contributed by atoms with Crippen molar-refractivity contribution < 1.29 is 14.6 Å². The van der Waals surface area contributed by atoms with Crippen LogP contribution in [0.4, 0.5) is 0 Å². The van der Waals surface area contributed by atoms with E-state index in [9.17, 15) is 9.59 Å². The molecule has 1 heterocycles. The number of pyridine rings is 1. The number of nitrogens with zero attached hydrogens (tertiary/aromatic N) is 1. The van der Waals surface area contributed by atoms with E-state index in [1.165, 1.54) is 4.57 Å². The molecule has 1 aromatic heterocycles. The topological polar surface area (TPSA) is 68.5 Å². The molecule has 0 aliphatic heterocycles. The first-order valence-corrected chi connectivity index (χ1v) is 8.94. The summed E-state index contributed by atoms with van der Waals surface area (Å²) in [6, 6.07) is 10.5. The zero-order valence-corrected chi connectivity index (χ0v) is 16.3. The molecule has 0 saturated heterocycles. The van der Waals surface area contributed by atoms with Gasteiger partial charge in [-0.1, -0.05) is 35.3 Å². The highest BCUT2D eigenvalue weighted by Crippen LogP contribution is 2.33. The zero-order valence-electron chi connectivity index (χ0n) is 14.8. The number of hydrogen-bond acceptors (Lipinski definition) is 3. The monoisotopic (exact) mass is 405 g/mol. The second-order valence-corrected chi connectivity index (χ2v) is 7.12. The second-order valence-electron chi connectivity index (χ2n) is 6.25. The standard InChI is InChI=1S/C20H17Cl2NO4/c1-11-15(7-12-3-5-13(21)6-4-12)20(26)23(2)16-8-14(22)9-17(19(11)16)27-10-18(24)25/h3-6,8-9H,7,10H2,1-2H3,(H,24,25). The number of aryl methyl sites for hydroxylation is 2. The number of benzene rings is 2. The van der Waals surface area contributed by atoms with Crippen molar-refractivity contribution >= 4 is 40.1 Å². The van der Waals surface area contributed by atoms with E-state index in [1.807, 2.05) is 19.1 Å². The Morgan fingerprint density at radius 2 is 1.81 bits per heavy atom. The molecule has 3 aromatic rings. The van der Waals surface area contributed by atoms with Gasteiger partial charge in [0.2, 0.25) is 0 Å². The fourth-order valence-corrected chi connectivity index (χ4v) is 3.43. The summed E-state index contributed by atoms with van der Waals surface area (Å²) in [5.74, 6) is -0.752. The van der Waals surface area contributed by atoms with Gasteiger partial charge < -0.3 is 14.4 Å². The van der Waals surface area contributed by atoms with Crippen molar-refractivity contribution in [2.75, 3.05) is 6.61 Å². The molecule has 5 nitrogen and oxygen atoms in total. The van der Waals surface area contributed by atoms with Crippen LogP contribution in [0.15, 0.2) is 41.2 Å². The lowest BCUT2D eigenvalue weighted by Gasteiger charge is -2.17. The lowest BCUT2D eigenvalue weighted by Crippen LogP contribution is -2.24. The number of hydrogen-bond donors (Lipinski definition) is 1. The summed E-state index contributed by atoms with van der Waals surface area (Å²) in [5, 5.41) is 10.6. The fourth-order valence-electron chi connectivity index (χ4n) is 3.10. The minimum atomic E-state index is -1.09. The largest absolute Gasteiger partial charge is 0.481 e. The highest BCUT2D eigenvalue weighted by atomic mass is 35.5. The highest BCUT2D eigenvalue weighted by Gasteiger charge is 2.18. The molecular weight excluding hydrogens is 389 g/mol. The lowest BCUT2D eigenvalue weighted by atomic mass is 9.98. The van der Waals surface area contributed by atoms with E-state index >= 15 is 0 Å². The van der Waals surface area contributed by atoms with Crippen LogP contribution in [-0.4, -0.2) is 22.2 Å². The lowest BCUT2D eigenvalue weighted by molar-refractivity contribution is -0.139. The van der Waals surface area contributed by atoms with Crippen molar-refractivity contribution in [1.82, 2.24) is 4.57 Å².